The molecule has 1 rings (SSSR count). The quantitative estimate of drug-likeness (QED) is 0.712. The minimum Gasteiger partial charge on any atom is -0.480 e. The topological polar surface area (TPSA) is 100 Å². The predicted octanol–water partition coefficient (Wildman–Crippen LogP) is -0.526. The first-order valence-corrected chi connectivity index (χ1v) is 5.62. The molecule has 0 aliphatic heterocycles. The lowest BCUT2D eigenvalue weighted by molar-refractivity contribution is -0.137. The zero-order chi connectivity index (χ0) is 13.5. The van der Waals surface area contributed by atoms with E-state index < -0.39 is 5.97 Å². The maximum Gasteiger partial charge on any atom is 0.323 e. The van der Waals surface area contributed by atoms with Gasteiger partial charge in [0.05, 0.1) is 0 Å². The minimum atomic E-state index is -1.03. The molecule has 1 aromatic heterocycles. The third-order valence-corrected chi connectivity index (χ3v) is 2.43. The first-order valence-electron chi connectivity index (χ1n) is 5.62. The molecule has 2 N–H and O–H groups in total. The molecule has 8 heteroatoms. The molecule has 1 heterocycles. The molecule has 0 unspecified atom stereocenters. The molecule has 0 aliphatic carbocycles. The Kier molecular flexibility index (Phi) is 5.09. The molecular weight excluding hydrogens is 238 g/mol. The summed E-state index contributed by atoms with van der Waals surface area (Å²) in [7, 11) is 1.82. The highest BCUT2D eigenvalue weighted by Gasteiger charge is 2.14. The number of carboxylic acids is 1. The Morgan fingerprint density at radius 2 is 2.28 bits per heavy atom. The number of hydrogen-bond donors (Lipinski definition) is 2. The second-order valence-electron chi connectivity index (χ2n) is 3.75. The van der Waals surface area contributed by atoms with E-state index in [1.807, 2.05) is 7.05 Å². The Morgan fingerprint density at radius 1 is 1.56 bits per heavy atom. The number of hydrogen-bond acceptors (Lipinski definition) is 4. The lowest BCUT2D eigenvalue weighted by Gasteiger charge is -2.18. The molecule has 0 aromatic carbocycles. The van der Waals surface area contributed by atoms with E-state index in [-0.39, 0.29) is 12.6 Å². The minimum absolute atomic E-state index is 0.299. The first-order chi connectivity index (χ1) is 8.54. The van der Waals surface area contributed by atoms with Crippen molar-refractivity contribution in [1.82, 2.24) is 25.0 Å². The summed E-state index contributed by atoms with van der Waals surface area (Å²) in [5.41, 5.74) is 0. The zero-order valence-electron chi connectivity index (χ0n) is 10.5. The van der Waals surface area contributed by atoms with Gasteiger partial charge in [-0.1, -0.05) is 0 Å². The Labute approximate surface area is 105 Å². The van der Waals surface area contributed by atoms with Crippen molar-refractivity contribution in [2.75, 3.05) is 19.6 Å². The van der Waals surface area contributed by atoms with Crippen molar-refractivity contribution in [3.05, 3.63) is 12.2 Å². The number of carboxylic acid groups (broad SMARTS) is 1. The Balaban J connectivity index is 2.36. The van der Waals surface area contributed by atoms with E-state index in [0.717, 1.165) is 5.82 Å². The van der Waals surface area contributed by atoms with Crippen LogP contribution in [0, 0.1) is 0 Å². The van der Waals surface area contributed by atoms with Crippen molar-refractivity contribution >= 4 is 12.0 Å². The average molecular weight is 255 g/mol. The molecule has 0 radical (unpaired) electrons. The van der Waals surface area contributed by atoms with Crippen molar-refractivity contribution in [2.45, 2.75) is 13.3 Å². The number of aromatic nitrogens is 3. The van der Waals surface area contributed by atoms with Gasteiger partial charge in [-0.2, -0.15) is 0 Å². The summed E-state index contributed by atoms with van der Waals surface area (Å²) in [6, 6.07) is -0.387. The second-order valence-corrected chi connectivity index (χ2v) is 3.75. The van der Waals surface area contributed by atoms with Gasteiger partial charge in [-0.15, -0.1) is 10.2 Å². The number of nitrogens with one attached hydrogen (secondary N) is 1. The van der Waals surface area contributed by atoms with E-state index in [0.29, 0.717) is 19.5 Å². The number of urea groups is 1. The van der Waals surface area contributed by atoms with Crippen LogP contribution in [0.25, 0.3) is 0 Å². The first kappa shape index (κ1) is 13.9. The van der Waals surface area contributed by atoms with Gasteiger partial charge in [0.15, 0.2) is 0 Å². The number of carbonyl (C=O) groups excluding carboxylic acids is 1. The monoisotopic (exact) mass is 255 g/mol. The second kappa shape index (κ2) is 6.58. The molecule has 0 atom stereocenters. The molecular formula is C10H17N5O3. The summed E-state index contributed by atoms with van der Waals surface area (Å²) in [6.07, 6.45) is 2.13. The summed E-state index contributed by atoms with van der Waals surface area (Å²) in [5.74, 6) is -0.267. The predicted molar refractivity (Wildman–Crippen MR) is 63.0 cm³/mol. The van der Waals surface area contributed by atoms with Crippen LogP contribution < -0.4 is 5.32 Å². The highest BCUT2D eigenvalue weighted by atomic mass is 16.4. The average Bonchev–Trinajstić information content (AvgIpc) is 2.71. The van der Waals surface area contributed by atoms with E-state index in [9.17, 15) is 9.59 Å². The zero-order valence-corrected chi connectivity index (χ0v) is 10.5. The molecule has 0 fully saturated rings. The van der Waals surface area contributed by atoms with Gasteiger partial charge in [0.2, 0.25) is 0 Å². The number of likely N-dealkylation sites (N-methyl/N-ethyl adjacent to an activating group) is 1. The highest BCUT2D eigenvalue weighted by Crippen LogP contribution is 1.93. The standard InChI is InChI=1S/C10H17N5O3/c1-3-15(6-9(16)17)10(18)11-5-4-8-13-12-7-14(8)2/h7H,3-6H2,1-2H3,(H,11,18)(H,16,17). The number of aryl methyl sites for hydroxylation is 1. The van der Waals surface area contributed by atoms with Gasteiger partial charge in [0, 0.05) is 26.6 Å². The van der Waals surface area contributed by atoms with E-state index in [4.69, 9.17) is 5.11 Å². The Bertz CT molecular complexity index is 417. The van der Waals surface area contributed by atoms with Crippen LogP contribution in [0.15, 0.2) is 6.33 Å². The van der Waals surface area contributed by atoms with Crippen LogP contribution in [-0.4, -0.2) is 56.4 Å². The summed E-state index contributed by atoms with van der Waals surface area (Å²) < 4.78 is 1.76. The normalized spacial score (nSPS) is 10.1. The van der Waals surface area contributed by atoms with Crippen LogP contribution in [-0.2, 0) is 18.3 Å². The molecule has 100 valence electrons. The SMILES string of the molecule is CCN(CC(=O)O)C(=O)NCCc1nncn1C. The molecule has 0 spiro atoms. The largest absolute Gasteiger partial charge is 0.480 e. The maximum absolute atomic E-state index is 11.6. The van der Waals surface area contributed by atoms with Crippen molar-refractivity contribution < 1.29 is 14.7 Å². The molecule has 0 aliphatic rings. The van der Waals surface area contributed by atoms with E-state index >= 15 is 0 Å². The Hall–Kier alpha value is -2.12. The summed E-state index contributed by atoms with van der Waals surface area (Å²) in [5, 5.41) is 18.9. The fraction of sp³-hybridized carbons (Fsp3) is 0.600. The maximum atomic E-state index is 11.6. The van der Waals surface area contributed by atoms with Crippen molar-refractivity contribution in [3.8, 4) is 0 Å². The number of nitrogens with zero attached hydrogens (tertiary/aromatic N) is 4. The van der Waals surface area contributed by atoms with E-state index in [2.05, 4.69) is 15.5 Å². The number of amides is 2. The fourth-order valence-corrected chi connectivity index (χ4v) is 1.42. The number of rotatable bonds is 6. The summed E-state index contributed by atoms with van der Waals surface area (Å²) >= 11 is 0. The molecule has 0 bridgehead atoms. The number of carbonyl (C=O) groups is 2. The fourth-order valence-electron chi connectivity index (χ4n) is 1.42. The van der Waals surface area contributed by atoms with E-state index in [1.165, 1.54) is 4.90 Å². The van der Waals surface area contributed by atoms with Crippen LogP contribution >= 0.6 is 0 Å². The van der Waals surface area contributed by atoms with Crippen molar-refractivity contribution in [3.63, 3.8) is 0 Å². The Morgan fingerprint density at radius 3 is 2.78 bits per heavy atom. The lowest BCUT2D eigenvalue weighted by Crippen LogP contribution is -2.43. The smallest absolute Gasteiger partial charge is 0.323 e. The van der Waals surface area contributed by atoms with Gasteiger partial charge in [-0.05, 0) is 6.92 Å². The molecule has 18 heavy (non-hydrogen) atoms. The highest BCUT2D eigenvalue weighted by molar-refractivity contribution is 5.79. The van der Waals surface area contributed by atoms with Crippen molar-refractivity contribution in [2.24, 2.45) is 7.05 Å². The van der Waals surface area contributed by atoms with Gasteiger partial charge in [-0.3, -0.25) is 4.79 Å². The lowest BCUT2D eigenvalue weighted by atomic mass is 10.4. The third kappa shape index (κ3) is 4.04. The van der Waals surface area contributed by atoms with Crippen LogP contribution in [0.2, 0.25) is 0 Å². The summed E-state index contributed by atoms with van der Waals surface area (Å²) in [6.45, 7) is 2.17. The molecule has 2 amide bonds. The van der Waals surface area contributed by atoms with E-state index in [1.54, 1.807) is 17.8 Å². The van der Waals surface area contributed by atoms with Crippen LogP contribution in [0.5, 0.6) is 0 Å². The van der Waals surface area contributed by atoms with Crippen LogP contribution in [0.3, 0.4) is 0 Å². The third-order valence-electron chi connectivity index (χ3n) is 2.43. The van der Waals surface area contributed by atoms with Gasteiger partial charge in [0.25, 0.3) is 0 Å². The van der Waals surface area contributed by atoms with Gasteiger partial charge >= 0.3 is 12.0 Å². The number of aliphatic carboxylic acids is 1. The van der Waals surface area contributed by atoms with Crippen LogP contribution in [0.1, 0.15) is 12.7 Å². The molecule has 0 saturated carbocycles. The van der Waals surface area contributed by atoms with Crippen LogP contribution in [0.4, 0.5) is 4.79 Å². The van der Waals surface area contributed by atoms with Gasteiger partial charge < -0.3 is 19.9 Å². The van der Waals surface area contributed by atoms with Gasteiger partial charge in [0.1, 0.15) is 18.7 Å². The molecule has 1 aromatic rings. The van der Waals surface area contributed by atoms with Crippen molar-refractivity contribution in [1.29, 1.82) is 0 Å². The molecule has 0 saturated heterocycles. The summed E-state index contributed by atoms with van der Waals surface area (Å²) in [4.78, 5) is 23.4. The van der Waals surface area contributed by atoms with Gasteiger partial charge in [-0.25, -0.2) is 4.79 Å². The molecule has 8 nitrogen and oxygen atoms in total.